The third-order valence-electron chi connectivity index (χ3n) is 3.15. The van der Waals surface area contributed by atoms with Gasteiger partial charge >= 0.3 is 6.03 Å². The van der Waals surface area contributed by atoms with E-state index in [0.717, 1.165) is 0 Å². The van der Waals surface area contributed by atoms with Crippen LogP contribution in [0.5, 0.6) is 0 Å². The Hall–Kier alpha value is -2.23. The Morgan fingerprint density at radius 2 is 2.04 bits per heavy atom. The average molecular weight is 340 g/mol. The Morgan fingerprint density at radius 3 is 2.67 bits per heavy atom. The van der Waals surface area contributed by atoms with Gasteiger partial charge in [-0.1, -0.05) is 6.07 Å². The summed E-state index contributed by atoms with van der Waals surface area (Å²) in [5, 5.41) is 22.2. The van der Waals surface area contributed by atoms with Crippen molar-refractivity contribution in [3.8, 4) is 0 Å². The highest BCUT2D eigenvalue weighted by atomic mass is 16.6. The number of likely N-dealkylation sites (N-methyl/N-ethyl adjacent to an activating group) is 1. The summed E-state index contributed by atoms with van der Waals surface area (Å²) in [7, 11) is 3.80. The van der Waals surface area contributed by atoms with Crippen LogP contribution in [-0.4, -0.2) is 79.4 Å². The van der Waals surface area contributed by atoms with Gasteiger partial charge in [0.1, 0.15) is 0 Å². The number of nitrogens with zero attached hydrogens (tertiary/aromatic N) is 3. The maximum atomic E-state index is 12.4. The van der Waals surface area contributed by atoms with Gasteiger partial charge in [-0.15, -0.1) is 0 Å². The molecule has 1 rings (SSSR count). The molecule has 0 aliphatic carbocycles. The molecule has 0 aliphatic heterocycles. The summed E-state index contributed by atoms with van der Waals surface area (Å²) in [4.78, 5) is 26.2. The summed E-state index contributed by atoms with van der Waals surface area (Å²) in [6, 6.07) is 5.43. The van der Waals surface area contributed by atoms with Crippen LogP contribution in [0.4, 0.5) is 16.2 Å². The average Bonchev–Trinajstić information content (AvgIpc) is 2.54. The smallest absolute Gasteiger partial charge is 0.321 e. The SMILES string of the molecule is CN(C)CCN(CCOCCO)C(=O)Nc1cccc([N+](=O)[O-])c1. The second-order valence-electron chi connectivity index (χ2n) is 5.36. The van der Waals surface area contributed by atoms with Gasteiger partial charge in [-0.25, -0.2) is 4.79 Å². The third kappa shape index (κ3) is 7.36. The minimum atomic E-state index is -0.512. The third-order valence-corrected chi connectivity index (χ3v) is 3.15. The number of hydrogen-bond donors (Lipinski definition) is 2. The lowest BCUT2D eigenvalue weighted by atomic mass is 10.3. The zero-order valence-electron chi connectivity index (χ0n) is 14.0. The second kappa shape index (κ2) is 10.5. The van der Waals surface area contributed by atoms with Gasteiger partial charge in [0, 0.05) is 37.5 Å². The fourth-order valence-electron chi connectivity index (χ4n) is 1.88. The van der Waals surface area contributed by atoms with Crippen molar-refractivity contribution in [2.24, 2.45) is 0 Å². The normalized spacial score (nSPS) is 10.7. The first-order valence-corrected chi connectivity index (χ1v) is 7.57. The zero-order chi connectivity index (χ0) is 17.9. The van der Waals surface area contributed by atoms with Crippen molar-refractivity contribution >= 4 is 17.4 Å². The zero-order valence-corrected chi connectivity index (χ0v) is 14.0. The number of anilines is 1. The number of benzene rings is 1. The molecule has 0 fully saturated rings. The summed E-state index contributed by atoms with van der Waals surface area (Å²) < 4.78 is 5.20. The van der Waals surface area contributed by atoms with E-state index in [9.17, 15) is 14.9 Å². The topological polar surface area (TPSA) is 108 Å². The van der Waals surface area contributed by atoms with Crippen LogP contribution in [0.3, 0.4) is 0 Å². The van der Waals surface area contributed by atoms with E-state index in [2.05, 4.69) is 5.32 Å². The molecule has 24 heavy (non-hydrogen) atoms. The number of nitro benzene ring substituents is 1. The van der Waals surface area contributed by atoms with Crippen LogP contribution < -0.4 is 5.32 Å². The molecule has 134 valence electrons. The number of non-ortho nitro benzene ring substituents is 1. The number of carbonyl (C=O) groups is 1. The number of amides is 2. The number of rotatable bonds is 10. The molecule has 0 saturated heterocycles. The van der Waals surface area contributed by atoms with Gasteiger partial charge in [-0.2, -0.15) is 0 Å². The molecule has 0 spiro atoms. The Labute approximate surface area is 141 Å². The Balaban J connectivity index is 2.67. The van der Waals surface area contributed by atoms with Crippen LogP contribution in [0.1, 0.15) is 0 Å². The predicted octanol–water partition coefficient (Wildman–Crippen LogP) is 0.999. The summed E-state index contributed by atoms with van der Waals surface area (Å²) in [6.07, 6.45) is 0. The van der Waals surface area contributed by atoms with Gasteiger partial charge < -0.3 is 25.0 Å². The van der Waals surface area contributed by atoms with Crippen LogP contribution in [0, 0.1) is 10.1 Å². The van der Waals surface area contributed by atoms with Crippen molar-refractivity contribution < 1.29 is 19.6 Å². The molecule has 2 N–H and O–H groups in total. The number of nitrogens with one attached hydrogen (secondary N) is 1. The molecule has 1 aromatic carbocycles. The molecule has 0 saturated carbocycles. The van der Waals surface area contributed by atoms with Crippen molar-refractivity contribution in [2.45, 2.75) is 0 Å². The van der Waals surface area contributed by atoms with Crippen LogP contribution >= 0.6 is 0 Å². The summed E-state index contributed by atoms with van der Waals surface area (Å²) in [5.74, 6) is 0. The number of hydrogen-bond acceptors (Lipinski definition) is 6. The van der Waals surface area contributed by atoms with Gasteiger partial charge in [0.05, 0.1) is 24.7 Å². The lowest BCUT2D eigenvalue weighted by Gasteiger charge is -2.24. The molecule has 2 amide bonds. The molecule has 0 unspecified atom stereocenters. The van der Waals surface area contributed by atoms with Crippen molar-refractivity contribution in [2.75, 3.05) is 58.9 Å². The highest BCUT2D eigenvalue weighted by molar-refractivity contribution is 5.89. The minimum absolute atomic E-state index is 0.0718. The van der Waals surface area contributed by atoms with E-state index >= 15 is 0 Å². The van der Waals surface area contributed by atoms with Gasteiger partial charge in [0.25, 0.3) is 5.69 Å². The maximum absolute atomic E-state index is 12.4. The van der Waals surface area contributed by atoms with Crippen LogP contribution in [-0.2, 0) is 4.74 Å². The summed E-state index contributed by atoms with van der Waals surface area (Å²) >= 11 is 0. The van der Waals surface area contributed by atoms with Crippen molar-refractivity contribution in [1.82, 2.24) is 9.80 Å². The van der Waals surface area contributed by atoms with E-state index < -0.39 is 4.92 Å². The van der Waals surface area contributed by atoms with Crippen molar-refractivity contribution in [3.63, 3.8) is 0 Å². The number of ether oxygens (including phenoxy) is 1. The molecule has 1 aromatic rings. The Morgan fingerprint density at radius 1 is 1.29 bits per heavy atom. The van der Waals surface area contributed by atoms with Crippen LogP contribution in [0.25, 0.3) is 0 Å². The molecular weight excluding hydrogens is 316 g/mol. The predicted molar refractivity (Wildman–Crippen MR) is 90.1 cm³/mol. The number of aliphatic hydroxyl groups is 1. The quantitative estimate of drug-likeness (QED) is 0.374. The van der Waals surface area contributed by atoms with E-state index in [1.807, 2.05) is 19.0 Å². The number of aliphatic hydroxyl groups excluding tert-OH is 1. The van der Waals surface area contributed by atoms with Crippen LogP contribution in [0.15, 0.2) is 24.3 Å². The van der Waals surface area contributed by atoms with Gasteiger partial charge in [0.2, 0.25) is 0 Å². The Bertz CT molecular complexity index is 538. The minimum Gasteiger partial charge on any atom is -0.394 e. The van der Waals surface area contributed by atoms with E-state index in [-0.39, 0.29) is 24.9 Å². The van der Waals surface area contributed by atoms with E-state index in [4.69, 9.17) is 9.84 Å². The molecule has 0 bridgehead atoms. The highest BCUT2D eigenvalue weighted by Gasteiger charge is 2.15. The second-order valence-corrected chi connectivity index (χ2v) is 5.36. The maximum Gasteiger partial charge on any atom is 0.321 e. The molecule has 0 aliphatic rings. The largest absolute Gasteiger partial charge is 0.394 e. The number of urea groups is 1. The van der Waals surface area contributed by atoms with E-state index in [0.29, 0.717) is 31.9 Å². The first-order valence-electron chi connectivity index (χ1n) is 7.57. The molecule has 0 atom stereocenters. The van der Waals surface area contributed by atoms with Crippen molar-refractivity contribution in [3.05, 3.63) is 34.4 Å². The number of carbonyl (C=O) groups excluding carboxylic acids is 1. The standard InChI is InChI=1S/C15H24N4O5/c1-17(2)6-7-18(8-10-24-11-9-20)15(21)16-13-4-3-5-14(12-13)19(22)23/h3-5,12,20H,6-11H2,1-2H3,(H,16,21). The van der Waals surface area contributed by atoms with Gasteiger partial charge in [-0.3, -0.25) is 10.1 Å². The summed E-state index contributed by atoms with van der Waals surface area (Å²) in [6.45, 7) is 1.95. The highest BCUT2D eigenvalue weighted by Crippen LogP contribution is 2.17. The molecular formula is C15H24N4O5. The molecule has 9 heteroatoms. The van der Waals surface area contributed by atoms with Crippen molar-refractivity contribution in [1.29, 1.82) is 0 Å². The van der Waals surface area contributed by atoms with Gasteiger partial charge in [0.15, 0.2) is 0 Å². The lowest BCUT2D eigenvalue weighted by molar-refractivity contribution is -0.384. The molecule has 0 radical (unpaired) electrons. The van der Waals surface area contributed by atoms with E-state index in [1.165, 1.54) is 18.2 Å². The first-order chi connectivity index (χ1) is 11.4. The fraction of sp³-hybridized carbons (Fsp3) is 0.533. The molecule has 0 heterocycles. The Kier molecular flexibility index (Phi) is 8.69. The molecule has 0 aromatic heterocycles. The number of nitro groups is 1. The molecule has 9 nitrogen and oxygen atoms in total. The fourth-order valence-corrected chi connectivity index (χ4v) is 1.88. The lowest BCUT2D eigenvalue weighted by Crippen LogP contribution is -2.41. The monoisotopic (exact) mass is 340 g/mol. The van der Waals surface area contributed by atoms with E-state index in [1.54, 1.807) is 11.0 Å². The van der Waals surface area contributed by atoms with Crippen LogP contribution in [0.2, 0.25) is 0 Å². The van der Waals surface area contributed by atoms with Gasteiger partial charge in [-0.05, 0) is 20.2 Å². The first kappa shape index (κ1) is 19.8. The summed E-state index contributed by atoms with van der Waals surface area (Å²) in [5.41, 5.74) is 0.277.